The van der Waals surface area contributed by atoms with Crippen LogP contribution in [0.25, 0.3) is 0 Å². The number of hydrogen-bond acceptors (Lipinski definition) is 2. The number of carbonyl (C=O) groups excluding carboxylic acids is 1. The summed E-state index contributed by atoms with van der Waals surface area (Å²) in [5.41, 5.74) is 0. The van der Waals surface area contributed by atoms with E-state index in [0.29, 0.717) is 24.0 Å². The van der Waals surface area contributed by atoms with Crippen LogP contribution >= 0.6 is 12.4 Å². The number of nitrogens with one attached hydrogen (secondary N) is 1. The molecule has 16 heavy (non-hydrogen) atoms. The smallest absolute Gasteiger partial charge is 0.225 e. The molecule has 0 spiro atoms. The average Bonchev–Trinajstić information content (AvgIpc) is 2.55. The van der Waals surface area contributed by atoms with Crippen molar-refractivity contribution in [1.82, 2.24) is 10.2 Å². The highest BCUT2D eigenvalue weighted by Gasteiger charge is 2.36. The zero-order chi connectivity index (χ0) is 11.0. The topological polar surface area (TPSA) is 32.3 Å². The molecule has 2 unspecified atom stereocenters. The fourth-order valence-corrected chi connectivity index (χ4v) is 2.93. The third kappa shape index (κ3) is 2.69. The fourth-order valence-electron chi connectivity index (χ4n) is 2.93. The Morgan fingerprint density at radius 2 is 1.75 bits per heavy atom. The molecule has 2 aliphatic rings. The second-order valence-electron chi connectivity index (χ2n) is 5.37. The van der Waals surface area contributed by atoms with Crippen molar-refractivity contribution in [3.8, 4) is 0 Å². The van der Waals surface area contributed by atoms with Crippen molar-refractivity contribution in [2.45, 2.75) is 57.7 Å². The van der Waals surface area contributed by atoms with Crippen LogP contribution in [0.3, 0.4) is 0 Å². The first-order valence-electron chi connectivity index (χ1n) is 6.10. The van der Waals surface area contributed by atoms with E-state index in [-0.39, 0.29) is 18.3 Å². The monoisotopic (exact) mass is 246 g/mol. The molecule has 2 rings (SSSR count). The number of amides is 1. The molecule has 2 aliphatic heterocycles. The van der Waals surface area contributed by atoms with Crippen molar-refractivity contribution < 1.29 is 4.79 Å². The van der Waals surface area contributed by atoms with Crippen molar-refractivity contribution >= 4 is 18.3 Å². The zero-order valence-electron chi connectivity index (χ0n) is 10.4. The lowest BCUT2D eigenvalue weighted by Gasteiger charge is -2.36. The molecular formula is C12H23ClN2O. The number of nitrogens with zero attached hydrogens (tertiary/aromatic N) is 1. The number of hydrogen-bond donors (Lipinski definition) is 1. The highest BCUT2D eigenvalue weighted by Crippen LogP contribution is 2.29. The van der Waals surface area contributed by atoms with Gasteiger partial charge in [0.15, 0.2) is 0 Å². The Morgan fingerprint density at radius 1 is 1.25 bits per heavy atom. The lowest BCUT2D eigenvalue weighted by Crippen LogP contribution is -2.49. The van der Waals surface area contributed by atoms with Crippen LogP contribution in [0.2, 0.25) is 0 Å². The molecule has 0 saturated carbocycles. The van der Waals surface area contributed by atoms with Gasteiger partial charge >= 0.3 is 0 Å². The van der Waals surface area contributed by atoms with Gasteiger partial charge in [0.2, 0.25) is 5.91 Å². The summed E-state index contributed by atoms with van der Waals surface area (Å²) in [5.74, 6) is 0.420. The molecule has 0 aromatic rings. The van der Waals surface area contributed by atoms with E-state index in [0.717, 1.165) is 12.8 Å². The fraction of sp³-hybridized carbons (Fsp3) is 0.917. The van der Waals surface area contributed by atoms with Crippen molar-refractivity contribution in [3.05, 3.63) is 0 Å². The van der Waals surface area contributed by atoms with Crippen molar-refractivity contribution in [1.29, 1.82) is 0 Å². The summed E-state index contributed by atoms with van der Waals surface area (Å²) < 4.78 is 0. The predicted octanol–water partition coefficient (Wildman–Crippen LogP) is 1.81. The number of halogens is 1. The highest BCUT2D eigenvalue weighted by molar-refractivity contribution is 5.85. The van der Waals surface area contributed by atoms with Gasteiger partial charge in [-0.25, -0.2) is 0 Å². The quantitative estimate of drug-likeness (QED) is 0.806. The first-order chi connectivity index (χ1) is 7.08. The molecule has 2 fully saturated rings. The number of rotatable bonds is 2. The van der Waals surface area contributed by atoms with E-state index in [9.17, 15) is 4.79 Å². The zero-order valence-corrected chi connectivity index (χ0v) is 11.2. The van der Waals surface area contributed by atoms with E-state index in [1.165, 1.54) is 12.8 Å². The third-order valence-corrected chi connectivity index (χ3v) is 3.84. The van der Waals surface area contributed by atoms with Gasteiger partial charge < -0.3 is 10.2 Å². The van der Waals surface area contributed by atoms with Crippen LogP contribution < -0.4 is 5.32 Å². The normalized spacial score (nSPS) is 32.4. The van der Waals surface area contributed by atoms with E-state index in [2.05, 4.69) is 5.32 Å². The minimum absolute atomic E-state index is 0. The molecule has 0 radical (unpaired) electrons. The maximum Gasteiger partial charge on any atom is 0.225 e. The molecule has 2 bridgehead atoms. The molecule has 0 aliphatic carbocycles. The molecule has 94 valence electrons. The summed E-state index contributed by atoms with van der Waals surface area (Å²) >= 11 is 0. The SMILES string of the molecule is CC(C)C(=O)N(C)C1CC2CCC(C1)N2.Cl. The predicted molar refractivity (Wildman–Crippen MR) is 67.8 cm³/mol. The van der Waals surface area contributed by atoms with Gasteiger partial charge in [0, 0.05) is 31.1 Å². The van der Waals surface area contributed by atoms with Crippen LogP contribution in [-0.4, -0.2) is 36.0 Å². The summed E-state index contributed by atoms with van der Waals surface area (Å²) in [6.07, 6.45) is 4.88. The van der Waals surface area contributed by atoms with Crippen molar-refractivity contribution in [3.63, 3.8) is 0 Å². The minimum Gasteiger partial charge on any atom is -0.342 e. The lowest BCUT2D eigenvalue weighted by atomic mass is 9.97. The maximum atomic E-state index is 11.9. The molecule has 1 N–H and O–H groups in total. The first kappa shape index (κ1) is 13.8. The van der Waals surface area contributed by atoms with Crippen LogP contribution in [0, 0.1) is 5.92 Å². The van der Waals surface area contributed by atoms with Gasteiger partial charge in [-0.15, -0.1) is 12.4 Å². The minimum atomic E-state index is 0. The second-order valence-corrected chi connectivity index (χ2v) is 5.37. The molecule has 0 aromatic heterocycles. The van der Waals surface area contributed by atoms with E-state index in [1.807, 2.05) is 25.8 Å². The number of carbonyl (C=O) groups is 1. The molecular weight excluding hydrogens is 224 g/mol. The van der Waals surface area contributed by atoms with E-state index < -0.39 is 0 Å². The molecule has 4 heteroatoms. The molecule has 2 atom stereocenters. The Hall–Kier alpha value is -0.280. The number of fused-ring (bicyclic) bond motifs is 2. The van der Waals surface area contributed by atoms with Crippen molar-refractivity contribution in [2.24, 2.45) is 5.92 Å². The second kappa shape index (κ2) is 5.37. The maximum absolute atomic E-state index is 11.9. The van der Waals surface area contributed by atoms with Crippen molar-refractivity contribution in [2.75, 3.05) is 7.05 Å². The summed E-state index contributed by atoms with van der Waals surface area (Å²) in [6, 6.07) is 1.80. The van der Waals surface area contributed by atoms with E-state index in [1.54, 1.807) is 0 Å². The first-order valence-corrected chi connectivity index (χ1v) is 6.10. The van der Waals surface area contributed by atoms with Gasteiger partial charge in [-0.1, -0.05) is 13.8 Å². The Kier molecular flexibility index (Phi) is 4.62. The third-order valence-electron chi connectivity index (χ3n) is 3.84. The van der Waals surface area contributed by atoms with Gasteiger partial charge in [-0.2, -0.15) is 0 Å². The standard InChI is InChI=1S/C12H22N2O.ClH/c1-8(2)12(15)14(3)11-6-9-4-5-10(7-11)13-9;/h8-11,13H,4-7H2,1-3H3;1H. The number of piperidine rings is 1. The van der Waals surface area contributed by atoms with Crippen LogP contribution in [0.5, 0.6) is 0 Å². The van der Waals surface area contributed by atoms with Gasteiger partial charge in [0.25, 0.3) is 0 Å². The Morgan fingerprint density at radius 3 is 2.19 bits per heavy atom. The van der Waals surface area contributed by atoms with Gasteiger partial charge in [-0.05, 0) is 25.7 Å². The summed E-state index contributed by atoms with van der Waals surface area (Å²) in [7, 11) is 1.97. The van der Waals surface area contributed by atoms with Crippen LogP contribution in [0.4, 0.5) is 0 Å². The molecule has 0 aromatic carbocycles. The lowest BCUT2D eigenvalue weighted by molar-refractivity contribution is -0.135. The van der Waals surface area contributed by atoms with E-state index in [4.69, 9.17) is 0 Å². The summed E-state index contributed by atoms with van der Waals surface area (Å²) in [6.45, 7) is 3.96. The molecule has 1 amide bonds. The van der Waals surface area contributed by atoms with Gasteiger partial charge in [0.05, 0.1) is 0 Å². The Balaban J connectivity index is 0.00000128. The summed E-state index contributed by atoms with van der Waals surface area (Å²) in [4.78, 5) is 13.9. The Labute approximate surface area is 104 Å². The largest absolute Gasteiger partial charge is 0.342 e. The van der Waals surface area contributed by atoms with Gasteiger partial charge in [-0.3, -0.25) is 4.79 Å². The van der Waals surface area contributed by atoms with Crippen LogP contribution in [0.15, 0.2) is 0 Å². The Bertz CT molecular complexity index is 245. The highest BCUT2D eigenvalue weighted by atomic mass is 35.5. The van der Waals surface area contributed by atoms with Crippen LogP contribution in [-0.2, 0) is 4.79 Å². The molecule has 2 heterocycles. The summed E-state index contributed by atoms with van der Waals surface area (Å²) in [5, 5.41) is 3.61. The van der Waals surface area contributed by atoms with Gasteiger partial charge in [0.1, 0.15) is 0 Å². The molecule has 2 saturated heterocycles. The van der Waals surface area contributed by atoms with E-state index >= 15 is 0 Å². The van der Waals surface area contributed by atoms with Crippen LogP contribution in [0.1, 0.15) is 39.5 Å². The molecule has 3 nitrogen and oxygen atoms in total. The average molecular weight is 247 g/mol.